The molecule has 0 amide bonds. The maximum atomic E-state index is 12.5. The third-order valence-corrected chi connectivity index (χ3v) is 9.54. The minimum atomic E-state index is 0.0331. The summed E-state index contributed by atoms with van der Waals surface area (Å²) >= 11 is 3.23. The molecular formula is C37H43NO5S2. The van der Waals surface area contributed by atoms with Gasteiger partial charge in [0, 0.05) is 65.8 Å². The number of carbonyl (C=O) groups excluding carboxylic acids is 2. The molecule has 4 rings (SSSR count). The third kappa shape index (κ3) is 12.0. The molecule has 8 heteroatoms. The van der Waals surface area contributed by atoms with Crippen molar-refractivity contribution in [3.8, 4) is 5.75 Å². The van der Waals surface area contributed by atoms with Crippen molar-refractivity contribution in [3.63, 3.8) is 0 Å². The molecule has 0 fully saturated rings. The Morgan fingerprint density at radius 2 is 1.04 bits per heavy atom. The Labute approximate surface area is 275 Å². The molecule has 0 aliphatic carbocycles. The lowest BCUT2D eigenvalue weighted by Crippen LogP contribution is -2.09. The number of carbonyl (C=O) groups is 2. The summed E-state index contributed by atoms with van der Waals surface area (Å²) in [7, 11) is 5.64. The molecule has 0 aliphatic heterocycles. The number of hydrogen-bond acceptors (Lipinski definition) is 8. The normalized spacial score (nSPS) is 11.9. The summed E-state index contributed by atoms with van der Waals surface area (Å²) in [6.07, 6.45) is 0.858. The van der Waals surface area contributed by atoms with Gasteiger partial charge in [-0.2, -0.15) is 23.5 Å². The van der Waals surface area contributed by atoms with E-state index in [0.29, 0.717) is 24.3 Å². The van der Waals surface area contributed by atoms with Gasteiger partial charge in [-0.1, -0.05) is 84.9 Å². The fourth-order valence-corrected chi connectivity index (χ4v) is 6.58. The van der Waals surface area contributed by atoms with Gasteiger partial charge in [-0.15, -0.1) is 0 Å². The van der Waals surface area contributed by atoms with Crippen LogP contribution in [0.4, 0.5) is 5.69 Å². The summed E-state index contributed by atoms with van der Waals surface area (Å²) in [6.45, 7) is 0.229. The molecule has 0 saturated carbocycles. The lowest BCUT2D eigenvalue weighted by Gasteiger charge is -2.18. The van der Waals surface area contributed by atoms with Gasteiger partial charge in [0.2, 0.25) is 0 Å². The molecule has 45 heavy (non-hydrogen) atoms. The van der Waals surface area contributed by atoms with Crippen LogP contribution in [0, 0.1) is 0 Å². The van der Waals surface area contributed by atoms with Crippen LogP contribution in [-0.4, -0.2) is 67.7 Å². The van der Waals surface area contributed by atoms with E-state index in [1.54, 1.807) is 30.6 Å². The van der Waals surface area contributed by atoms with Crippen LogP contribution >= 0.6 is 23.5 Å². The monoisotopic (exact) mass is 645 g/mol. The van der Waals surface area contributed by atoms with Gasteiger partial charge in [0.05, 0.1) is 20.3 Å². The zero-order valence-corrected chi connectivity index (χ0v) is 27.8. The molecule has 0 aliphatic rings. The molecule has 6 nitrogen and oxygen atoms in total. The zero-order valence-electron chi connectivity index (χ0n) is 26.2. The number of thioether (sulfide) groups is 2. The minimum absolute atomic E-state index is 0.0331. The number of nitrogens with zero attached hydrogens (tertiary/aromatic N) is 1. The van der Waals surface area contributed by atoms with Gasteiger partial charge < -0.3 is 19.8 Å². The predicted octanol–water partition coefficient (Wildman–Crippen LogP) is 7.53. The van der Waals surface area contributed by atoms with E-state index in [9.17, 15) is 9.59 Å². The Hall–Kier alpha value is -3.56. The van der Waals surface area contributed by atoms with Crippen molar-refractivity contribution in [2.24, 2.45) is 0 Å². The van der Waals surface area contributed by atoms with Gasteiger partial charge >= 0.3 is 0 Å². The van der Waals surface area contributed by atoms with Crippen LogP contribution in [0.2, 0.25) is 0 Å². The van der Waals surface area contributed by atoms with E-state index in [4.69, 9.17) is 14.9 Å². The molecule has 0 saturated heterocycles. The Balaban J connectivity index is 0.000000246. The quantitative estimate of drug-likeness (QED) is 0.121. The second-order valence-corrected chi connectivity index (χ2v) is 13.0. The lowest BCUT2D eigenvalue weighted by molar-refractivity contribution is 0.0974. The van der Waals surface area contributed by atoms with Crippen LogP contribution in [0.1, 0.15) is 55.2 Å². The van der Waals surface area contributed by atoms with E-state index >= 15 is 0 Å². The summed E-state index contributed by atoms with van der Waals surface area (Å²) in [5.74, 6) is 2.29. The van der Waals surface area contributed by atoms with Crippen molar-refractivity contribution >= 4 is 40.8 Å². The van der Waals surface area contributed by atoms with Gasteiger partial charge in [-0.25, -0.2) is 0 Å². The molecule has 2 N–H and O–H groups in total. The second kappa shape index (κ2) is 19.7. The van der Waals surface area contributed by atoms with E-state index in [-0.39, 0.29) is 35.3 Å². The first-order valence-corrected chi connectivity index (χ1v) is 17.0. The smallest absolute Gasteiger partial charge is 0.164 e. The zero-order chi connectivity index (χ0) is 32.4. The fourth-order valence-electron chi connectivity index (χ4n) is 4.56. The van der Waals surface area contributed by atoms with Crippen LogP contribution < -0.4 is 9.64 Å². The SMILES string of the molecule is CN(C)c1ccc(C(CC(=O)c2ccccc2)SCCO)cc1.COc1ccc(C(CC(=O)c2ccccc2)SCCO)cc1. The van der Waals surface area contributed by atoms with Crippen LogP contribution in [0.25, 0.3) is 0 Å². The standard InChI is InChI=1S/C19H23NO2S.C18H20O3S/c1-20(2)17-10-8-16(9-11-17)19(23-13-12-21)14-18(22)15-6-4-3-5-7-15;1-21-16-9-7-15(8-10-16)18(22-12-11-19)13-17(20)14-5-3-2-4-6-14/h3-11,19,21H,12-14H2,1-2H3;2-10,18-19H,11-13H2,1H3. The summed E-state index contributed by atoms with van der Waals surface area (Å²) in [6, 6.07) is 34.7. The molecule has 0 radical (unpaired) electrons. The molecule has 4 aromatic rings. The molecule has 0 aromatic heterocycles. The van der Waals surface area contributed by atoms with Crippen molar-refractivity contribution in [3.05, 3.63) is 131 Å². The highest BCUT2D eigenvalue weighted by molar-refractivity contribution is 7.99. The number of methoxy groups -OCH3 is 1. The van der Waals surface area contributed by atoms with Crippen LogP contribution in [0.3, 0.4) is 0 Å². The summed E-state index contributed by atoms with van der Waals surface area (Å²) in [4.78, 5) is 26.9. The van der Waals surface area contributed by atoms with Gasteiger partial charge in [0.25, 0.3) is 0 Å². The predicted molar refractivity (Wildman–Crippen MR) is 189 cm³/mol. The summed E-state index contributed by atoms with van der Waals surface area (Å²) in [5, 5.41) is 18.3. The maximum absolute atomic E-state index is 12.5. The highest BCUT2D eigenvalue weighted by atomic mass is 32.2. The van der Waals surface area contributed by atoms with Crippen molar-refractivity contribution in [2.45, 2.75) is 23.3 Å². The average Bonchev–Trinajstić information content (AvgIpc) is 3.09. The Kier molecular flexibility index (Phi) is 15.8. The second-order valence-electron chi connectivity index (χ2n) is 10.4. The summed E-state index contributed by atoms with van der Waals surface area (Å²) < 4.78 is 5.17. The number of ketones is 2. The largest absolute Gasteiger partial charge is 0.497 e. The Morgan fingerprint density at radius 1 is 0.644 bits per heavy atom. The van der Waals surface area contributed by atoms with Gasteiger partial charge in [-0.05, 0) is 35.4 Å². The van der Waals surface area contributed by atoms with Crippen molar-refractivity contribution in [1.82, 2.24) is 0 Å². The van der Waals surface area contributed by atoms with Crippen molar-refractivity contribution in [2.75, 3.05) is 50.8 Å². The van der Waals surface area contributed by atoms with E-state index in [1.165, 1.54) is 0 Å². The topological polar surface area (TPSA) is 87.1 Å². The van der Waals surface area contributed by atoms with Crippen LogP contribution in [0.5, 0.6) is 5.75 Å². The van der Waals surface area contributed by atoms with Gasteiger partial charge in [0.15, 0.2) is 11.6 Å². The van der Waals surface area contributed by atoms with E-state index in [0.717, 1.165) is 33.7 Å². The molecule has 2 unspecified atom stereocenters. The van der Waals surface area contributed by atoms with E-state index in [1.807, 2.05) is 99.0 Å². The van der Waals surface area contributed by atoms with Crippen molar-refractivity contribution < 1.29 is 24.5 Å². The van der Waals surface area contributed by atoms with Crippen LogP contribution in [0.15, 0.2) is 109 Å². The third-order valence-electron chi connectivity index (χ3n) is 7.02. The average molecular weight is 646 g/mol. The highest BCUT2D eigenvalue weighted by Gasteiger charge is 2.19. The number of aliphatic hydroxyl groups is 2. The summed E-state index contributed by atoms with van der Waals surface area (Å²) in [5.41, 5.74) is 4.80. The first-order valence-electron chi connectivity index (χ1n) is 14.9. The molecule has 4 aromatic carbocycles. The number of anilines is 1. The number of Topliss-reactive ketones (excluding diaryl/α,β-unsaturated/α-hetero) is 2. The maximum Gasteiger partial charge on any atom is 0.164 e. The van der Waals surface area contributed by atoms with E-state index in [2.05, 4.69) is 29.2 Å². The molecule has 0 bridgehead atoms. The van der Waals surface area contributed by atoms with Crippen molar-refractivity contribution in [1.29, 1.82) is 0 Å². The number of ether oxygens (including phenoxy) is 1. The number of benzene rings is 4. The van der Waals surface area contributed by atoms with Crippen LogP contribution in [-0.2, 0) is 0 Å². The first-order chi connectivity index (χ1) is 21.9. The lowest BCUT2D eigenvalue weighted by atomic mass is 10.0. The molecular weight excluding hydrogens is 603 g/mol. The molecule has 0 spiro atoms. The molecule has 238 valence electrons. The molecule has 2 atom stereocenters. The number of rotatable bonds is 16. The number of hydrogen-bond donors (Lipinski definition) is 2. The highest BCUT2D eigenvalue weighted by Crippen LogP contribution is 2.35. The molecule has 0 heterocycles. The van der Waals surface area contributed by atoms with Gasteiger partial charge in [-0.3, -0.25) is 9.59 Å². The van der Waals surface area contributed by atoms with Gasteiger partial charge in [0.1, 0.15) is 5.75 Å². The Bertz CT molecular complexity index is 1420. The minimum Gasteiger partial charge on any atom is -0.497 e. The Morgan fingerprint density at radius 3 is 1.40 bits per heavy atom. The first kappa shape index (κ1) is 35.9. The number of aliphatic hydroxyl groups excluding tert-OH is 2. The fraction of sp³-hybridized carbons (Fsp3) is 0.297. The van der Waals surface area contributed by atoms with E-state index < -0.39 is 0 Å².